The Balaban J connectivity index is 2.82. The highest BCUT2D eigenvalue weighted by molar-refractivity contribution is 9.08. The molecule has 84 valence electrons. The summed E-state index contributed by atoms with van der Waals surface area (Å²) >= 11 is 3.33. The number of benzene rings is 1. The molecule has 1 aromatic rings. The Kier molecular flexibility index (Phi) is 4.16. The van der Waals surface area contributed by atoms with Crippen LogP contribution in [0.4, 0.5) is 5.69 Å². The fourth-order valence-electron chi connectivity index (χ4n) is 0.944. The van der Waals surface area contributed by atoms with E-state index in [4.69, 9.17) is 0 Å². The molecule has 0 aliphatic rings. The van der Waals surface area contributed by atoms with Crippen LogP contribution >= 0.6 is 15.9 Å². The van der Waals surface area contributed by atoms with Gasteiger partial charge in [0.05, 0.1) is 5.25 Å². The molecule has 0 fully saturated rings. The summed E-state index contributed by atoms with van der Waals surface area (Å²) in [4.78, 5) is 0. The number of nitrogens with one attached hydrogen (secondary N) is 1. The number of alkyl halides is 1. The van der Waals surface area contributed by atoms with Crippen molar-refractivity contribution in [3.8, 4) is 0 Å². The van der Waals surface area contributed by atoms with Gasteiger partial charge in [-0.2, -0.15) is 0 Å². The van der Waals surface area contributed by atoms with Gasteiger partial charge in [0.25, 0.3) is 0 Å². The Labute approximate surface area is 99.1 Å². The van der Waals surface area contributed by atoms with Crippen LogP contribution in [0.3, 0.4) is 0 Å². The quantitative estimate of drug-likeness (QED) is 0.867. The van der Waals surface area contributed by atoms with Gasteiger partial charge in [-0.3, -0.25) is 4.72 Å². The summed E-state index contributed by atoms with van der Waals surface area (Å²) in [6.45, 7) is 3.30. The van der Waals surface area contributed by atoms with Crippen LogP contribution in [0.25, 0.3) is 0 Å². The third-order valence-electron chi connectivity index (χ3n) is 1.99. The molecule has 0 spiro atoms. The molecule has 0 aliphatic heterocycles. The molecule has 1 aromatic carbocycles. The molecule has 0 saturated heterocycles. The van der Waals surface area contributed by atoms with Crippen LogP contribution in [-0.2, 0) is 15.4 Å². The first-order valence-electron chi connectivity index (χ1n) is 4.62. The molecule has 0 aromatic heterocycles. The Morgan fingerprint density at radius 2 is 1.80 bits per heavy atom. The van der Waals surface area contributed by atoms with Gasteiger partial charge < -0.3 is 0 Å². The SMILES string of the molecule is CC(C)S(=O)(=O)Nc1ccc(CBr)cc1. The highest BCUT2D eigenvalue weighted by atomic mass is 79.9. The van der Waals surface area contributed by atoms with Gasteiger partial charge in [0.2, 0.25) is 10.0 Å². The van der Waals surface area contributed by atoms with Crippen molar-refractivity contribution in [3.05, 3.63) is 29.8 Å². The molecular formula is C10H14BrNO2S. The second-order valence-corrected chi connectivity index (χ2v) is 6.32. The molecule has 15 heavy (non-hydrogen) atoms. The van der Waals surface area contributed by atoms with Crippen molar-refractivity contribution >= 4 is 31.6 Å². The lowest BCUT2D eigenvalue weighted by atomic mass is 10.2. The maximum absolute atomic E-state index is 11.5. The number of hydrogen-bond donors (Lipinski definition) is 1. The topological polar surface area (TPSA) is 46.2 Å². The van der Waals surface area contributed by atoms with Gasteiger partial charge in [-0.15, -0.1) is 0 Å². The molecule has 0 aliphatic carbocycles. The average Bonchev–Trinajstić information content (AvgIpc) is 2.18. The summed E-state index contributed by atoms with van der Waals surface area (Å²) in [6.07, 6.45) is 0. The van der Waals surface area contributed by atoms with Crippen LogP contribution in [0.1, 0.15) is 19.4 Å². The van der Waals surface area contributed by atoms with Gasteiger partial charge in [0.1, 0.15) is 0 Å². The molecule has 0 radical (unpaired) electrons. The lowest BCUT2D eigenvalue weighted by Gasteiger charge is -2.10. The molecule has 0 bridgehead atoms. The number of halogens is 1. The molecule has 1 rings (SSSR count). The minimum absolute atomic E-state index is 0.423. The first kappa shape index (κ1) is 12.5. The van der Waals surface area contributed by atoms with E-state index in [-0.39, 0.29) is 0 Å². The second-order valence-electron chi connectivity index (χ2n) is 3.53. The van der Waals surface area contributed by atoms with Crippen molar-refractivity contribution in [1.82, 2.24) is 0 Å². The molecule has 3 nitrogen and oxygen atoms in total. The zero-order valence-electron chi connectivity index (χ0n) is 8.70. The first-order valence-corrected chi connectivity index (χ1v) is 7.29. The summed E-state index contributed by atoms with van der Waals surface area (Å²) in [7, 11) is -3.23. The Bertz CT molecular complexity index is 412. The maximum atomic E-state index is 11.5. The fraction of sp³-hybridized carbons (Fsp3) is 0.400. The van der Waals surface area contributed by atoms with E-state index in [1.165, 1.54) is 0 Å². The van der Waals surface area contributed by atoms with Gasteiger partial charge in [0.15, 0.2) is 0 Å². The molecular weight excluding hydrogens is 278 g/mol. The van der Waals surface area contributed by atoms with Crippen molar-refractivity contribution in [1.29, 1.82) is 0 Å². The summed E-state index contributed by atoms with van der Waals surface area (Å²) in [5.74, 6) is 0. The normalized spacial score (nSPS) is 11.7. The highest BCUT2D eigenvalue weighted by Gasteiger charge is 2.14. The zero-order valence-corrected chi connectivity index (χ0v) is 11.1. The molecule has 5 heteroatoms. The van der Waals surface area contributed by atoms with Crippen molar-refractivity contribution in [2.24, 2.45) is 0 Å². The van der Waals surface area contributed by atoms with E-state index in [1.54, 1.807) is 26.0 Å². The predicted octanol–water partition coefficient (Wildman–Crippen LogP) is 2.73. The molecule has 0 heterocycles. The van der Waals surface area contributed by atoms with Crippen LogP contribution in [0.2, 0.25) is 0 Å². The molecule has 0 saturated carbocycles. The average molecular weight is 292 g/mol. The van der Waals surface area contributed by atoms with Gasteiger partial charge in [-0.25, -0.2) is 8.42 Å². The summed E-state index contributed by atoms with van der Waals surface area (Å²) in [5.41, 5.74) is 1.72. The fourth-order valence-corrected chi connectivity index (χ4v) is 2.02. The van der Waals surface area contributed by atoms with Crippen molar-refractivity contribution in [2.75, 3.05) is 4.72 Å². The molecule has 1 N–H and O–H groups in total. The minimum Gasteiger partial charge on any atom is -0.283 e. The number of anilines is 1. The van der Waals surface area contributed by atoms with Crippen LogP contribution in [0.5, 0.6) is 0 Å². The number of sulfonamides is 1. The molecule has 0 unspecified atom stereocenters. The second kappa shape index (κ2) is 4.99. The van der Waals surface area contributed by atoms with Crippen molar-refractivity contribution < 1.29 is 8.42 Å². The smallest absolute Gasteiger partial charge is 0.235 e. The lowest BCUT2D eigenvalue weighted by molar-refractivity contribution is 0.593. The predicted molar refractivity (Wildman–Crippen MR) is 66.8 cm³/mol. The van der Waals surface area contributed by atoms with E-state index in [9.17, 15) is 8.42 Å². The summed E-state index contributed by atoms with van der Waals surface area (Å²) in [6, 6.07) is 7.28. The van der Waals surface area contributed by atoms with Crippen LogP contribution in [0, 0.1) is 0 Å². The van der Waals surface area contributed by atoms with Crippen LogP contribution in [0.15, 0.2) is 24.3 Å². The van der Waals surface area contributed by atoms with E-state index in [0.29, 0.717) is 5.69 Å². The Hall–Kier alpha value is -0.550. The standard InChI is InChI=1S/C10H14BrNO2S/c1-8(2)15(13,14)12-10-5-3-9(7-11)4-6-10/h3-6,8,12H,7H2,1-2H3. The third kappa shape index (κ3) is 3.50. The monoisotopic (exact) mass is 291 g/mol. The highest BCUT2D eigenvalue weighted by Crippen LogP contribution is 2.14. The van der Waals surface area contributed by atoms with Gasteiger partial charge in [0, 0.05) is 11.0 Å². The van der Waals surface area contributed by atoms with Crippen molar-refractivity contribution in [3.63, 3.8) is 0 Å². The zero-order chi connectivity index (χ0) is 11.5. The molecule has 0 atom stereocenters. The maximum Gasteiger partial charge on any atom is 0.235 e. The van der Waals surface area contributed by atoms with Gasteiger partial charge in [-0.05, 0) is 31.5 Å². The van der Waals surface area contributed by atoms with Gasteiger partial charge >= 0.3 is 0 Å². The van der Waals surface area contributed by atoms with E-state index < -0.39 is 15.3 Å². The van der Waals surface area contributed by atoms with E-state index in [1.807, 2.05) is 12.1 Å². The largest absolute Gasteiger partial charge is 0.283 e. The summed E-state index contributed by atoms with van der Waals surface area (Å²) < 4.78 is 25.6. The molecule has 0 amide bonds. The van der Waals surface area contributed by atoms with E-state index >= 15 is 0 Å². The minimum atomic E-state index is -3.23. The van der Waals surface area contributed by atoms with Crippen molar-refractivity contribution in [2.45, 2.75) is 24.4 Å². The third-order valence-corrected chi connectivity index (χ3v) is 4.40. The Morgan fingerprint density at radius 3 is 2.20 bits per heavy atom. The van der Waals surface area contributed by atoms with Crippen LogP contribution in [-0.4, -0.2) is 13.7 Å². The first-order chi connectivity index (χ1) is 6.95. The lowest BCUT2D eigenvalue weighted by Crippen LogP contribution is -2.22. The number of rotatable bonds is 4. The Morgan fingerprint density at radius 1 is 1.27 bits per heavy atom. The van der Waals surface area contributed by atoms with E-state index in [2.05, 4.69) is 20.7 Å². The summed E-state index contributed by atoms with van der Waals surface area (Å²) in [5, 5.41) is 0.345. The van der Waals surface area contributed by atoms with Crippen LogP contribution < -0.4 is 4.72 Å². The van der Waals surface area contributed by atoms with E-state index in [0.717, 1.165) is 10.9 Å². The van der Waals surface area contributed by atoms with Gasteiger partial charge in [-0.1, -0.05) is 28.1 Å². The number of hydrogen-bond acceptors (Lipinski definition) is 2.